The summed E-state index contributed by atoms with van der Waals surface area (Å²) in [7, 11) is 1.86. The van der Waals surface area contributed by atoms with E-state index in [1.807, 2.05) is 54.4 Å². The van der Waals surface area contributed by atoms with Crippen LogP contribution < -0.4 is 4.65 Å². The van der Waals surface area contributed by atoms with Crippen LogP contribution in [0.1, 0.15) is 48.5 Å². The standard InChI is InChI=1S/C24H29N3O3S/c1-3-4-5-6-10-18-11-9-12-19(15-18)23(28)30-22-16-26(2)17-27(22,29)24-25-20-13-7-8-14-21(20)31-24/h7-9,11-15,22H,3-6,10,16-17H2,1-2H3. The van der Waals surface area contributed by atoms with Crippen LogP contribution in [0.3, 0.4) is 0 Å². The first-order valence-electron chi connectivity index (χ1n) is 10.9. The van der Waals surface area contributed by atoms with Crippen LogP contribution in [-0.2, 0) is 11.2 Å². The van der Waals surface area contributed by atoms with Gasteiger partial charge >= 0.3 is 5.97 Å². The van der Waals surface area contributed by atoms with Gasteiger partial charge in [0.25, 0.3) is 11.4 Å². The lowest BCUT2D eigenvalue weighted by Gasteiger charge is -2.38. The molecule has 0 N–H and O–H groups in total. The minimum atomic E-state index is -0.841. The zero-order valence-electron chi connectivity index (χ0n) is 18.1. The minimum absolute atomic E-state index is 0.204. The number of para-hydroxylation sites is 1. The van der Waals surface area contributed by atoms with Crippen LogP contribution >= 0.6 is 11.3 Å². The number of aromatic nitrogens is 1. The predicted molar refractivity (Wildman–Crippen MR) is 126 cm³/mol. The number of esters is 1. The summed E-state index contributed by atoms with van der Waals surface area (Å²) in [5.74, 6) is -0.449. The van der Waals surface area contributed by atoms with E-state index >= 15 is 0 Å². The van der Waals surface area contributed by atoms with Gasteiger partial charge < -0.3 is 9.94 Å². The van der Waals surface area contributed by atoms with Crippen molar-refractivity contribution in [1.82, 2.24) is 14.5 Å². The summed E-state index contributed by atoms with van der Waals surface area (Å²) >= 11 is 1.37. The third-order valence-corrected chi connectivity index (χ3v) is 6.86. The van der Waals surface area contributed by atoms with Crippen molar-refractivity contribution in [3.05, 3.63) is 64.9 Å². The SMILES string of the molecule is CCCCCCc1cccc(C(=O)OC2CN(C)C[N+]2([O-])c2nc3ccccc3s2)c1. The number of aryl methyl sites for hydroxylation is 1. The van der Waals surface area contributed by atoms with Crippen LogP contribution in [-0.4, -0.2) is 42.3 Å². The summed E-state index contributed by atoms with van der Waals surface area (Å²) < 4.78 is 5.97. The first-order valence-corrected chi connectivity index (χ1v) is 11.7. The number of nitrogens with zero attached hydrogens (tertiary/aromatic N) is 3. The molecule has 7 heteroatoms. The van der Waals surface area contributed by atoms with Gasteiger partial charge in [0.05, 0.1) is 22.3 Å². The molecular weight excluding hydrogens is 410 g/mol. The first-order chi connectivity index (χ1) is 15.0. The molecule has 0 spiro atoms. The molecule has 0 saturated carbocycles. The van der Waals surface area contributed by atoms with Crippen molar-refractivity contribution in [2.45, 2.75) is 45.3 Å². The lowest BCUT2D eigenvalue weighted by molar-refractivity contribution is 0.00572. The van der Waals surface area contributed by atoms with Gasteiger partial charge in [0.1, 0.15) is 6.67 Å². The monoisotopic (exact) mass is 439 g/mol. The van der Waals surface area contributed by atoms with Crippen molar-refractivity contribution in [3.63, 3.8) is 0 Å². The Hall–Kier alpha value is -2.32. The quantitative estimate of drug-likeness (QED) is 0.206. The number of ether oxygens (including phenoxy) is 1. The van der Waals surface area contributed by atoms with Gasteiger partial charge in [-0.25, -0.2) is 9.69 Å². The highest BCUT2D eigenvalue weighted by atomic mass is 32.1. The summed E-state index contributed by atoms with van der Waals surface area (Å²) in [4.78, 5) is 19.4. The molecular formula is C24H29N3O3S. The molecule has 2 atom stereocenters. The highest BCUT2D eigenvalue weighted by Gasteiger charge is 2.45. The van der Waals surface area contributed by atoms with Gasteiger partial charge in [-0.05, 0) is 49.7 Å². The largest absolute Gasteiger partial charge is 0.622 e. The second kappa shape index (κ2) is 9.44. The molecule has 2 unspecified atom stereocenters. The number of carbonyl (C=O) groups is 1. The van der Waals surface area contributed by atoms with Crippen molar-refractivity contribution in [3.8, 4) is 0 Å². The van der Waals surface area contributed by atoms with Crippen LogP contribution in [0, 0.1) is 5.21 Å². The Morgan fingerprint density at radius 2 is 2.06 bits per heavy atom. The molecule has 1 fully saturated rings. The van der Waals surface area contributed by atoms with E-state index in [0.29, 0.717) is 17.2 Å². The number of fused-ring (bicyclic) bond motifs is 1. The second-order valence-corrected chi connectivity index (χ2v) is 9.32. The Labute approximate surface area is 187 Å². The summed E-state index contributed by atoms with van der Waals surface area (Å²) in [6.45, 7) is 2.77. The van der Waals surface area contributed by atoms with Gasteiger partial charge in [0.15, 0.2) is 0 Å². The van der Waals surface area contributed by atoms with Crippen molar-refractivity contribution >= 4 is 32.7 Å². The molecule has 4 rings (SSSR count). The Morgan fingerprint density at radius 3 is 2.87 bits per heavy atom. The number of likely N-dealkylation sites (N-methyl/N-ethyl adjacent to an activating group) is 1. The van der Waals surface area contributed by atoms with E-state index in [1.54, 1.807) is 6.07 Å². The number of unbranched alkanes of at least 4 members (excludes halogenated alkanes) is 3. The molecule has 0 aliphatic carbocycles. The Morgan fingerprint density at radius 1 is 1.23 bits per heavy atom. The smallest absolute Gasteiger partial charge is 0.342 e. The van der Waals surface area contributed by atoms with Gasteiger partial charge in [-0.15, -0.1) is 0 Å². The molecule has 3 aromatic rings. The average Bonchev–Trinajstić information content (AvgIpc) is 3.33. The summed E-state index contributed by atoms with van der Waals surface area (Å²) in [5, 5.41) is 14.2. The molecule has 2 heterocycles. The van der Waals surface area contributed by atoms with Crippen LogP contribution in [0.15, 0.2) is 48.5 Å². The van der Waals surface area contributed by atoms with Gasteiger partial charge in [-0.3, -0.25) is 4.65 Å². The molecule has 1 saturated heterocycles. The molecule has 0 radical (unpaired) electrons. The van der Waals surface area contributed by atoms with Crippen molar-refractivity contribution in [2.24, 2.45) is 0 Å². The first kappa shape index (κ1) is 21.9. The fraction of sp³-hybridized carbons (Fsp3) is 0.417. The zero-order chi connectivity index (χ0) is 21.8. The second-order valence-electron chi connectivity index (χ2n) is 8.31. The molecule has 1 aliphatic heterocycles. The fourth-order valence-corrected chi connectivity index (χ4v) is 5.07. The molecule has 164 valence electrons. The maximum absolute atomic E-state index is 13.8. The minimum Gasteiger partial charge on any atom is -0.622 e. The zero-order valence-corrected chi connectivity index (χ0v) is 18.9. The van der Waals surface area contributed by atoms with E-state index in [-0.39, 0.29) is 6.67 Å². The van der Waals surface area contributed by atoms with Gasteiger partial charge in [-0.1, -0.05) is 61.8 Å². The van der Waals surface area contributed by atoms with Crippen LogP contribution in [0.5, 0.6) is 0 Å². The summed E-state index contributed by atoms with van der Waals surface area (Å²) in [5.41, 5.74) is 2.42. The normalized spacial score (nSPS) is 21.6. The average molecular weight is 440 g/mol. The van der Waals surface area contributed by atoms with Crippen LogP contribution in [0.25, 0.3) is 10.2 Å². The number of hydrogen-bond acceptors (Lipinski definition) is 6. The Balaban J connectivity index is 1.50. The lowest BCUT2D eigenvalue weighted by atomic mass is 10.0. The highest BCUT2D eigenvalue weighted by Crippen LogP contribution is 2.37. The van der Waals surface area contributed by atoms with Gasteiger partial charge in [0, 0.05) is 0 Å². The maximum Gasteiger partial charge on any atom is 0.342 e. The number of benzene rings is 2. The van der Waals surface area contributed by atoms with Crippen molar-refractivity contribution in [2.75, 3.05) is 20.3 Å². The van der Waals surface area contributed by atoms with Crippen molar-refractivity contribution in [1.29, 1.82) is 0 Å². The van der Waals surface area contributed by atoms with E-state index in [1.165, 1.54) is 30.6 Å². The molecule has 6 nitrogen and oxygen atoms in total. The number of hydrogen-bond donors (Lipinski definition) is 0. The number of thiazole rings is 1. The fourth-order valence-electron chi connectivity index (χ4n) is 4.04. The van der Waals surface area contributed by atoms with E-state index in [4.69, 9.17) is 4.74 Å². The van der Waals surface area contributed by atoms with Gasteiger partial charge in [-0.2, -0.15) is 4.98 Å². The number of quaternary nitrogens is 1. The molecule has 1 aliphatic rings. The Bertz CT molecular complexity index is 1020. The molecule has 31 heavy (non-hydrogen) atoms. The number of hydroxylamine groups is 2. The topological polar surface area (TPSA) is 65.5 Å². The number of carbonyl (C=O) groups excluding carboxylic acids is 1. The molecule has 0 amide bonds. The van der Waals surface area contributed by atoms with Crippen LogP contribution in [0.4, 0.5) is 5.13 Å². The van der Waals surface area contributed by atoms with E-state index in [9.17, 15) is 10.0 Å². The van der Waals surface area contributed by atoms with E-state index < -0.39 is 16.8 Å². The lowest BCUT2D eigenvalue weighted by Crippen LogP contribution is -2.50. The third-order valence-electron chi connectivity index (χ3n) is 5.72. The highest BCUT2D eigenvalue weighted by molar-refractivity contribution is 7.22. The molecule has 1 aromatic heterocycles. The third kappa shape index (κ3) is 4.80. The van der Waals surface area contributed by atoms with Gasteiger partial charge in [0.2, 0.25) is 0 Å². The van der Waals surface area contributed by atoms with E-state index in [0.717, 1.165) is 28.6 Å². The predicted octanol–water partition coefficient (Wildman–Crippen LogP) is 5.31. The molecule has 0 bridgehead atoms. The number of rotatable bonds is 8. The summed E-state index contributed by atoms with van der Waals surface area (Å²) in [6.07, 6.45) is 4.83. The maximum atomic E-state index is 13.8. The Kier molecular flexibility index (Phi) is 6.67. The molecule has 2 aromatic carbocycles. The van der Waals surface area contributed by atoms with Crippen molar-refractivity contribution < 1.29 is 9.53 Å². The van der Waals surface area contributed by atoms with Crippen LogP contribution in [0.2, 0.25) is 0 Å². The summed E-state index contributed by atoms with van der Waals surface area (Å²) in [6, 6.07) is 15.3. The van der Waals surface area contributed by atoms with E-state index in [2.05, 4.69) is 11.9 Å².